The minimum Gasteiger partial charge on any atom is -0.469 e. The van der Waals surface area contributed by atoms with Crippen LogP contribution >= 0.6 is 0 Å². The number of carbonyl (C=O) groups is 1. The molecule has 0 aromatic carbocycles. The van der Waals surface area contributed by atoms with Gasteiger partial charge in [0, 0.05) is 51.7 Å². The first-order chi connectivity index (χ1) is 12.6. The van der Waals surface area contributed by atoms with Gasteiger partial charge in [0.15, 0.2) is 5.96 Å². The van der Waals surface area contributed by atoms with Crippen molar-refractivity contribution in [2.45, 2.75) is 26.3 Å². The van der Waals surface area contributed by atoms with Gasteiger partial charge in [0.1, 0.15) is 5.76 Å². The summed E-state index contributed by atoms with van der Waals surface area (Å²) in [6.07, 6.45) is 4.29. The maximum absolute atomic E-state index is 11.9. The van der Waals surface area contributed by atoms with Gasteiger partial charge in [0.25, 0.3) is 0 Å². The molecule has 7 heteroatoms. The van der Waals surface area contributed by atoms with E-state index >= 15 is 0 Å². The van der Waals surface area contributed by atoms with E-state index in [-0.39, 0.29) is 11.9 Å². The summed E-state index contributed by atoms with van der Waals surface area (Å²) < 4.78 is 5.36. The fourth-order valence-electron chi connectivity index (χ4n) is 2.85. The Hall–Kier alpha value is -2.28. The zero-order valence-electron chi connectivity index (χ0n) is 15.9. The largest absolute Gasteiger partial charge is 0.469 e. The first-order valence-corrected chi connectivity index (χ1v) is 9.26. The van der Waals surface area contributed by atoms with Gasteiger partial charge in [-0.3, -0.25) is 14.7 Å². The van der Waals surface area contributed by atoms with Gasteiger partial charge in [-0.2, -0.15) is 0 Å². The third kappa shape index (κ3) is 6.92. The van der Waals surface area contributed by atoms with Crippen molar-refractivity contribution >= 4 is 11.9 Å². The Morgan fingerprint density at radius 3 is 2.77 bits per heavy atom. The molecule has 0 aliphatic carbocycles. The summed E-state index contributed by atoms with van der Waals surface area (Å²) in [5, 5.41) is 6.27. The van der Waals surface area contributed by atoms with Crippen molar-refractivity contribution in [2.24, 2.45) is 4.99 Å². The molecule has 0 atom stereocenters. The number of aliphatic imine (C=N–C) groups is 1. The second kappa shape index (κ2) is 10.7. The van der Waals surface area contributed by atoms with Crippen LogP contribution in [0.1, 0.15) is 19.6 Å². The number of nitrogens with one attached hydrogen (secondary N) is 2. The van der Waals surface area contributed by atoms with Crippen LogP contribution in [-0.4, -0.2) is 73.5 Å². The van der Waals surface area contributed by atoms with Crippen molar-refractivity contribution in [3.05, 3.63) is 36.8 Å². The molecule has 1 aliphatic rings. The van der Waals surface area contributed by atoms with Gasteiger partial charge >= 0.3 is 0 Å². The van der Waals surface area contributed by atoms with Gasteiger partial charge in [-0.1, -0.05) is 6.08 Å². The second-order valence-corrected chi connectivity index (χ2v) is 6.69. The molecule has 1 saturated heterocycles. The first kappa shape index (κ1) is 20.0. The van der Waals surface area contributed by atoms with Gasteiger partial charge in [-0.05, 0) is 26.0 Å². The summed E-state index contributed by atoms with van der Waals surface area (Å²) in [6, 6.07) is 4.04. The van der Waals surface area contributed by atoms with Gasteiger partial charge in [-0.15, -0.1) is 6.58 Å². The third-order valence-corrected chi connectivity index (χ3v) is 4.09. The van der Waals surface area contributed by atoms with E-state index in [9.17, 15) is 4.79 Å². The summed E-state index contributed by atoms with van der Waals surface area (Å²) in [6.45, 7) is 12.9. The molecule has 0 spiro atoms. The fourth-order valence-corrected chi connectivity index (χ4v) is 2.85. The van der Waals surface area contributed by atoms with Crippen molar-refractivity contribution < 1.29 is 9.21 Å². The number of rotatable bonds is 8. The third-order valence-electron chi connectivity index (χ3n) is 4.09. The van der Waals surface area contributed by atoms with Crippen LogP contribution in [-0.2, 0) is 11.2 Å². The van der Waals surface area contributed by atoms with E-state index in [2.05, 4.69) is 27.0 Å². The Kier molecular flexibility index (Phi) is 8.21. The summed E-state index contributed by atoms with van der Waals surface area (Å²) in [4.78, 5) is 21.0. The lowest BCUT2D eigenvalue weighted by Crippen LogP contribution is -2.54. The molecular weight excluding hydrogens is 330 g/mol. The van der Waals surface area contributed by atoms with Crippen molar-refractivity contribution in [3.8, 4) is 0 Å². The van der Waals surface area contributed by atoms with Crippen molar-refractivity contribution in [2.75, 3.05) is 45.8 Å². The van der Waals surface area contributed by atoms with Crippen LogP contribution in [0.4, 0.5) is 0 Å². The number of hydrogen-bond acceptors (Lipinski definition) is 4. The number of hydrogen-bond donors (Lipinski definition) is 2. The number of guanidine groups is 1. The molecule has 0 radical (unpaired) electrons. The van der Waals surface area contributed by atoms with Crippen LogP contribution in [0.15, 0.2) is 40.5 Å². The minimum absolute atomic E-state index is 0.0885. The Bertz CT molecular complexity index is 575. The molecule has 2 rings (SSSR count). The van der Waals surface area contributed by atoms with E-state index in [4.69, 9.17) is 9.41 Å². The molecule has 1 amide bonds. The van der Waals surface area contributed by atoms with Crippen LogP contribution in [0.25, 0.3) is 0 Å². The molecule has 1 aromatic heterocycles. The maximum atomic E-state index is 11.9. The van der Waals surface area contributed by atoms with E-state index in [0.29, 0.717) is 19.6 Å². The quantitative estimate of drug-likeness (QED) is 0.412. The van der Waals surface area contributed by atoms with Crippen molar-refractivity contribution in [1.29, 1.82) is 0 Å². The Morgan fingerprint density at radius 1 is 1.38 bits per heavy atom. The monoisotopic (exact) mass is 361 g/mol. The molecule has 1 aromatic rings. The Morgan fingerprint density at radius 2 is 2.15 bits per heavy atom. The highest BCUT2D eigenvalue weighted by Gasteiger charge is 2.21. The molecule has 7 nitrogen and oxygen atoms in total. The zero-order chi connectivity index (χ0) is 18.8. The molecule has 0 bridgehead atoms. The minimum atomic E-state index is 0.0885. The smallest absolute Gasteiger partial charge is 0.234 e. The first-order valence-electron chi connectivity index (χ1n) is 9.26. The van der Waals surface area contributed by atoms with Crippen LogP contribution in [0.2, 0.25) is 0 Å². The fraction of sp³-hybridized carbons (Fsp3) is 0.579. The van der Waals surface area contributed by atoms with Gasteiger partial charge in [0.05, 0.1) is 12.8 Å². The normalized spacial score (nSPS) is 16.0. The molecule has 0 unspecified atom stereocenters. The average molecular weight is 361 g/mol. The predicted octanol–water partition coefficient (Wildman–Crippen LogP) is 1.10. The second-order valence-electron chi connectivity index (χ2n) is 6.69. The topological polar surface area (TPSA) is 73.1 Å². The number of amides is 1. The van der Waals surface area contributed by atoms with Crippen molar-refractivity contribution in [1.82, 2.24) is 20.4 Å². The van der Waals surface area contributed by atoms with E-state index < -0.39 is 0 Å². The highest BCUT2D eigenvalue weighted by Crippen LogP contribution is 2.04. The SMILES string of the molecule is C=CCNC(=NCCc1ccco1)N1CCN(CC(=O)NC(C)C)CC1. The van der Waals surface area contributed by atoms with Gasteiger partial charge < -0.3 is 20.0 Å². The summed E-state index contributed by atoms with van der Waals surface area (Å²) in [5.41, 5.74) is 0. The number of carbonyl (C=O) groups excluding carboxylic acids is 1. The molecule has 26 heavy (non-hydrogen) atoms. The molecule has 0 saturated carbocycles. The molecule has 2 N–H and O–H groups in total. The van der Waals surface area contributed by atoms with E-state index in [0.717, 1.165) is 44.3 Å². The number of furan rings is 1. The molecular formula is C19H31N5O2. The lowest BCUT2D eigenvalue weighted by atomic mass is 10.3. The molecule has 1 aliphatic heterocycles. The summed E-state index contributed by atoms with van der Waals surface area (Å²) in [5.74, 6) is 1.92. The standard InChI is InChI=1S/C19H31N5O2/c1-4-8-20-19(21-9-7-17-6-5-14-26-17)24-12-10-23(11-13-24)15-18(25)22-16(2)3/h4-6,14,16H,1,7-13,15H2,2-3H3,(H,20,21)(H,22,25). The van der Waals surface area contributed by atoms with Crippen LogP contribution in [0.5, 0.6) is 0 Å². The van der Waals surface area contributed by atoms with Gasteiger partial charge in [0.2, 0.25) is 5.91 Å². The Balaban J connectivity index is 1.83. The highest BCUT2D eigenvalue weighted by molar-refractivity contribution is 5.80. The van der Waals surface area contributed by atoms with Crippen LogP contribution in [0, 0.1) is 0 Å². The molecule has 1 fully saturated rings. The number of piperazine rings is 1. The molecule has 2 heterocycles. The van der Waals surface area contributed by atoms with E-state index in [1.54, 1.807) is 6.26 Å². The van der Waals surface area contributed by atoms with Crippen LogP contribution in [0.3, 0.4) is 0 Å². The summed E-state index contributed by atoms with van der Waals surface area (Å²) >= 11 is 0. The zero-order valence-corrected chi connectivity index (χ0v) is 15.9. The highest BCUT2D eigenvalue weighted by atomic mass is 16.3. The average Bonchev–Trinajstić information content (AvgIpc) is 3.11. The van der Waals surface area contributed by atoms with Crippen molar-refractivity contribution in [3.63, 3.8) is 0 Å². The van der Waals surface area contributed by atoms with Crippen LogP contribution < -0.4 is 10.6 Å². The van der Waals surface area contributed by atoms with Gasteiger partial charge in [-0.25, -0.2) is 0 Å². The lowest BCUT2D eigenvalue weighted by Gasteiger charge is -2.36. The number of nitrogens with zero attached hydrogens (tertiary/aromatic N) is 3. The molecule has 144 valence electrons. The lowest BCUT2D eigenvalue weighted by molar-refractivity contribution is -0.123. The Labute approximate surface area is 156 Å². The predicted molar refractivity (Wildman–Crippen MR) is 104 cm³/mol. The van der Waals surface area contributed by atoms with E-state index in [1.807, 2.05) is 32.1 Å². The van der Waals surface area contributed by atoms with E-state index in [1.165, 1.54) is 0 Å². The summed E-state index contributed by atoms with van der Waals surface area (Å²) in [7, 11) is 0. The maximum Gasteiger partial charge on any atom is 0.234 e.